The van der Waals surface area contributed by atoms with E-state index in [0.717, 1.165) is 5.69 Å². The molecule has 0 aliphatic heterocycles. The third-order valence-corrected chi connectivity index (χ3v) is 4.38. The van der Waals surface area contributed by atoms with Crippen LogP contribution in [0.3, 0.4) is 0 Å². The molecule has 0 atom stereocenters. The Balaban J connectivity index is 1.73. The predicted molar refractivity (Wildman–Crippen MR) is 103 cm³/mol. The third-order valence-electron chi connectivity index (χ3n) is 4.38. The second-order valence-electron chi connectivity index (χ2n) is 6.53. The Morgan fingerprint density at radius 1 is 1.07 bits per heavy atom. The molecule has 3 aromatic rings. The minimum absolute atomic E-state index is 0.0185. The van der Waals surface area contributed by atoms with E-state index >= 15 is 0 Å². The minimum atomic E-state index is -2.90. The summed E-state index contributed by atoms with van der Waals surface area (Å²) in [7, 11) is 0. The van der Waals surface area contributed by atoms with Gasteiger partial charge in [-0.2, -0.15) is 8.78 Å². The molecule has 0 aliphatic rings. The van der Waals surface area contributed by atoms with Crippen molar-refractivity contribution < 1.29 is 27.8 Å². The van der Waals surface area contributed by atoms with Gasteiger partial charge in [0.15, 0.2) is 12.3 Å². The lowest BCUT2D eigenvalue weighted by Gasteiger charge is -2.11. The van der Waals surface area contributed by atoms with Crippen LogP contribution >= 0.6 is 0 Å². The first-order valence-corrected chi connectivity index (χ1v) is 8.99. The van der Waals surface area contributed by atoms with Gasteiger partial charge in [-0.3, -0.25) is 9.78 Å². The molecular formula is C21H19F2N3O4. The average molecular weight is 415 g/mol. The second-order valence-corrected chi connectivity index (χ2v) is 6.53. The van der Waals surface area contributed by atoms with E-state index in [1.54, 1.807) is 43.5 Å². The number of esters is 1. The van der Waals surface area contributed by atoms with Gasteiger partial charge >= 0.3 is 12.6 Å². The summed E-state index contributed by atoms with van der Waals surface area (Å²) >= 11 is 0. The Labute approximate surface area is 171 Å². The molecule has 0 bridgehead atoms. The molecule has 156 valence electrons. The van der Waals surface area contributed by atoms with E-state index in [9.17, 15) is 18.4 Å². The number of halogens is 2. The van der Waals surface area contributed by atoms with Crippen molar-refractivity contribution in [1.29, 1.82) is 0 Å². The van der Waals surface area contributed by atoms with Gasteiger partial charge in [-0.05, 0) is 51.1 Å². The molecule has 2 heterocycles. The van der Waals surface area contributed by atoms with Crippen LogP contribution in [0.5, 0.6) is 5.75 Å². The monoisotopic (exact) mass is 415 g/mol. The number of carbonyl (C=O) groups is 2. The second kappa shape index (κ2) is 8.81. The van der Waals surface area contributed by atoms with E-state index in [2.05, 4.69) is 14.7 Å². The van der Waals surface area contributed by atoms with Gasteiger partial charge in [-0.1, -0.05) is 0 Å². The van der Waals surface area contributed by atoms with E-state index in [1.807, 2.05) is 0 Å². The number of alkyl halides is 2. The van der Waals surface area contributed by atoms with E-state index in [0.29, 0.717) is 22.6 Å². The predicted octanol–water partition coefficient (Wildman–Crippen LogP) is 3.83. The Hall–Kier alpha value is -3.62. The fourth-order valence-electron chi connectivity index (χ4n) is 3.00. The normalized spacial score (nSPS) is 10.9. The molecule has 0 spiro atoms. The number of hydrogen-bond acceptors (Lipinski definition) is 6. The zero-order chi connectivity index (χ0) is 21.8. The molecule has 0 saturated carbocycles. The molecule has 0 amide bonds. The number of benzene rings is 1. The van der Waals surface area contributed by atoms with Crippen molar-refractivity contribution in [2.45, 2.75) is 27.4 Å². The number of aryl methyl sites for hydroxylation is 2. The van der Waals surface area contributed by atoms with Crippen LogP contribution in [-0.4, -0.2) is 39.5 Å². The number of rotatable bonds is 7. The largest absolute Gasteiger partial charge is 0.453 e. The van der Waals surface area contributed by atoms with Gasteiger partial charge in [-0.25, -0.2) is 9.78 Å². The topological polar surface area (TPSA) is 83.3 Å². The van der Waals surface area contributed by atoms with E-state index < -0.39 is 19.2 Å². The molecule has 3 rings (SSSR count). The number of ether oxygens (including phenoxy) is 2. The Morgan fingerprint density at radius 2 is 1.77 bits per heavy atom. The highest BCUT2D eigenvalue weighted by Crippen LogP contribution is 2.24. The molecule has 7 nitrogen and oxygen atoms in total. The SMILES string of the molecule is Cc1cnc(C(=O)OCC(=O)c2cc(C)n(-c3ccc(OC(F)F)cc3)c2C)cn1. The maximum Gasteiger partial charge on any atom is 0.387 e. The molecule has 0 aliphatic carbocycles. The van der Waals surface area contributed by atoms with Crippen LogP contribution in [0.4, 0.5) is 8.78 Å². The summed E-state index contributed by atoms with van der Waals surface area (Å²) in [5, 5.41) is 0. The van der Waals surface area contributed by atoms with E-state index in [1.165, 1.54) is 24.5 Å². The highest BCUT2D eigenvalue weighted by molar-refractivity contribution is 6.00. The lowest BCUT2D eigenvalue weighted by molar-refractivity contribution is -0.0498. The van der Waals surface area contributed by atoms with Gasteiger partial charge in [0.1, 0.15) is 5.75 Å². The standard InChI is InChI=1S/C21H19F2N3O4/c1-12-9-25-18(10-24-12)20(28)29-11-19(27)17-8-13(2)26(14(17)3)15-4-6-16(7-5-15)30-21(22)23/h4-10,21H,11H2,1-3H3. The first kappa shape index (κ1) is 21.1. The summed E-state index contributed by atoms with van der Waals surface area (Å²) in [5.74, 6) is -1.07. The van der Waals surface area contributed by atoms with Gasteiger partial charge in [0.05, 0.1) is 11.9 Å². The van der Waals surface area contributed by atoms with Crippen molar-refractivity contribution in [2.75, 3.05) is 6.61 Å². The van der Waals surface area contributed by atoms with Crippen molar-refractivity contribution in [3.8, 4) is 11.4 Å². The van der Waals surface area contributed by atoms with Crippen LogP contribution in [0.25, 0.3) is 5.69 Å². The molecular weight excluding hydrogens is 396 g/mol. The summed E-state index contributed by atoms with van der Waals surface area (Å²) < 4.78 is 35.8. The van der Waals surface area contributed by atoms with E-state index in [4.69, 9.17) is 4.74 Å². The van der Waals surface area contributed by atoms with Gasteiger partial charge in [0, 0.05) is 28.8 Å². The molecule has 30 heavy (non-hydrogen) atoms. The van der Waals surface area contributed by atoms with Crippen molar-refractivity contribution >= 4 is 11.8 Å². The maximum absolute atomic E-state index is 12.6. The Morgan fingerprint density at radius 3 is 2.37 bits per heavy atom. The van der Waals surface area contributed by atoms with Crippen molar-refractivity contribution in [3.63, 3.8) is 0 Å². The van der Waals surface area contributed by atoms with Crippen LogP contribution in [-0.2, 0) is 4.74 Å². The molecule has 0 saturated heterocycles. The Bertz CT molecular complexity index is 1060. The lowest BCUT2D eigenvalue weighted by Crippen LogP contribution is -2.16. The minimum Gasteiger partial charge on any atom is -0.453 e. The number of aromatic nitrogens is 3. The first-order chi connectivity index (χ1) is 14.3. The summed E-state index contributed by atoms with van der Waals surface area (Å²) in [6.07, 6.45) is 2.72. The molecule has 0 unspecified atom stereocenters. The van der Waals surface area contributed by atoms with Gasteiger partial charge in [-0.15, -0.1) is 0 Å². The van der Waals surface area contributed by atoms with Gasteiger partial charge in [0.25, 0.3) is 0 Å². The average Bonchev–Trinajstić information content (AvgIpc) is 3.01. The zero-order valence-electron chi connectivity index (χ0n) is 16.6. The smallest absolute Gasteiger partial charge is 0.387 e. The quantitative estimate of drug-likeness (QED) is 0.431. The van der Waals surface area contributed by atoms with E-state index in [-0.39, 0.29) is 17.2 Å². The molecule has 0 radical (unpaired) electrons. The first-order valence-electron chi connectivity index (χ1n) is 8.99. The van der Waals surface area contributed by atoms with Crippen LogP contribution in [0.1, 0.15) is 37.9 Å². The molecule has 0 fully saturated rings. The molecule has 9 heteroatoms. The highest BCUT2D eigenvalue weighted by atomic mass is 19.3. The van der Waals surface area contributed by atoms with Crippen molar-refractivity contribution in [2.24, 2.45) is 0 Å². The number of ketones is 1. The van der Waals surface area contributed by atoms with Crippen LogP contribution in [0.15, 0.2) is 42.7 Å². The zero-order valence-corrected chi connectivity index (χ0v) is 16.6. The van der Waals surface area contributed by atoms with Crippen LogP contribution < -0.4 is 4.74 Å². The number of Topliss-reactive ketones (excluding diaryl/α,β-unsaturated/α-hetero) is 1. The summed E-state index contributed by atoms with van der Waals surface area (Å²) in [6.45, 7) is 1.95. The summed E-state index contributed by atoms with van der Waals surface area (Å²) in [5.41, 5.74) is 3.13. The number of carbonyl (C=O) groups excluding carboxylic acids is 2. The fourth-order valence-corrected chi connectivity index (χ4v) is 3.00. The molecule has 0 N–H and O–H groups in total. The molecule has 2 aromatic heterocycles. The Kier molecular flexibility index (Phi) is 6.20. The van der Waals surface area contributed by atoms with Crippen LogP contribution in [0, 0.1) is 20.8 Å². The summed E-state index contributed by atoms with van der Waals surface area (Å²) in [6, 6.07) is 7.75. The fraction of sp³-hybridized carbons (Fsp3) is 0.238. The van der Waals surface area contributed by atoms with Gasteiger partial charge < -0.3 is 14.0 Å². The van der Waals surface area contributed by atoms with Crippen molar-refractivity contribution in [1.82, 2.24) is 14.5 Å². The maximum atomic E-state index is 12.6. The number of nitrogens with zero attached hydrogens (tertiary/aromatic N) is 3. The third kappa shape index (κ3) is 4.68. The van der Waals surface area contributed by atoms with Gasteiger partial charge in [0.2, 0.25) is 5.78 Å². The highest BCUT2D eigenvalue weighted by Gasteiger charge is 2.19. The lowest BCUT2D eigenvalue weighted by atomic mass is 10.1. The van der Waals surface area contributed by atoms with Crippen molar-refractivity contribution in [3.05, 3.63) is 71.1 Å². The molecule has 1 aromatic carbocycles. The summed E-state index contributed by atoms with van der Waals surface area (Å²) in [4.78, 5) is 32.5. The van der Waals surface area contributed by atoms with Crippen LogP contribution in [0.2, 0.25) is 0 Å². The number of hydrogen-bond donors (Lipinski definition) is 0.